The van der Waals surface area contributed by atoms with Crippen LogP contribution in [0.4, 0.5) is 4.79 Å². The number of urea groups is 1. The molecular weight excluding hydrogens is 525 g/mol. The monoisotopic (exact) mass is 542 g/mol. The zero-order valence-corrected chi connectivity index (χ0v) is 20.6. The maximum absolute atomic E-state index is 12.9. The average Bonchev–Trinajstić information content (AvgIpc) is 3.40. The van der Waals surface area contributed by atoms with E-state index < -0.39 is 41.3 Å². The maximum Gasteiger partial charge on any atom is 0.352 e. The number of amides is 4. The summed E-state index contributed by atoms with van der Waals surface area (Å²) >= 11 is 5.11. The summed E-state index contributed by atoms with van der Waals surface area (Å²) in [6, 6.07) is -3.16. The van der Waals surface area contributed by atoms with Crippen LogP contribution < -0.4 is 21.2 Å². The summed E-state index contributed by atoms with van der Waals surface area (Å²) in [4.78, 5) is 53.0. The van der Waals surface area contributed by atoms with Crippen LogP contribution in [-0.4, -0.2) is 71.9 Å². The molecule has 13 nitrogen and oxygen atoms in total. The van der Waals surface area contributed by atoms with E-state index in [0.717, 1.165) is 16.3 Å². The molecule has 0 radical (unpaired) electrons. The fourth-order valence-corrected chi connectivity index (χ4v) is 7.31. The summed E-state index contributed by atoms with van der Waals surface area (Å²) in [6.07, 6.45) is 0. The van der Waals surface area contributed by atoms with Crippen molar-refractivity contribution in [1.82, 2.24) is 30.7 Å². The lowest BCUT2D eigenvalue weighted by atomic mass is 10.0. The number of H-pyrrole nitrogens is 1. The Balaban J connectivity index is 1.49. The number of carbonyl (C=O) groups excluding carboxylic acids is 3. The van der Waals surface area contributed by atoms with Crippen molar-refractivity contribution in [3.63, 3.8) is 0 Å². The molecule has 4 amide bonds. The number of aromatic amines is 1. The molecule has 17 heteroatoms. The molecule has 1 fully saturated rings. The predicted molar refractivity (Wildman–Crippen MR) is 125 cm³/mol. The van der Waals surface area contributed by atoms with Gasteiger partial charge in [-0.25, -0.2) is 9.59 Å². The second-order valence-electron chi connectivity index (χ2n) is 7.12. The number of carboxylic acid groups (broad SMARTS) is 1. The summed E-state index contributed by atoms with van der Waals surface area (Å²) in [5, 5.41) is 31.9. The molecule has 1 saturated heterocycles. The van der Waals surface area contributed by atoms with Crippen molar-refractivity contribution < 1.29 is 24.3 Å². The molecule has 0 saturated carbocycles. The minimum absolute atomic E-state index is 0.0677. The third kappa shape index (κ3) is 4.82. The smallest absolute Gasteiger partial charge is 0.352 e. The number of nitrogens with two attached hydrogens (primary N) is 1. The van der Waals surface area contributed by atoms with Crippen molar-refractivity contribution in [1.29, 1.82) is 5.41 Å². The van der Waals surface area contributed by atoms with Gasteiger partial charge in [0.1, 0.15) is 22.1 Å². The molecule has 0 bridgehead atoms. The third-order valence-corrected chi connectivity index (χ3v) is 8.95. The van der Waals surface area contributed by atoms with E-state index in [9.17, 15) is 24.3 Å². The molecule has 2 unspecified atom stereocenters. The van der Waals surface area contributed by atoms with Crippen LogP contribution in [0.3, 0.4) is 0 Å². The number of nitrogens with one attached hydrogen (secondary N) is 4. The van der Waals surface area contributed by atoms with E-state index in [1.165, 1.54) is 45.1 Å². The van der Waals surface area contributed by atoms with E-state index in [4.69, 9.17) is 11.1 Å². The Morgan fingerprint density at radius 1 is 1.44 bits per heavy atom. The predicted octanol–water partition coefficient (Wildman–Crippen LogP) is -0.0441. The normalized spacial score (nSPS) is 20.4. The lowest BCUT2D eigenvalue weighted by Crippen LogP contribution is -2.71. The van der Waals surface area contributed by atoms with Gasteiger partial charge in [0.25, 0.3) is 5.91 Å². The quantitative estimate of drug-likeness (QED) is 0.195. The highest BCUT2D eigenvalue weighted by molar-refractivity contribution is 8.01. The van der Waals surface area contributed by atoms with Gasteiger partial charge in [0.2, 0.25) is 5.91 Å². The number of hydrogen-bond donors (Lipinski definition) is 6. The minimum Gasteiger partial charge on any atom is -0.477 e. The molecule has 3 atom stereocenters. The van der Waals surface area contributed by atoms with Gasteiger partial charge in [-0.3, -0.25) is 19.9 Å². The Kier molecular flexibility index (Phi) is 6.96. The lowest BCUT2D eigenvalue weighted by molar-refractivity contribution is -0.151. The molecule has 2 aliphatic heterocycles. The Bertz CT molecular complexity index is 1250. The minimum atomic E-state index is -1.24. The summed E-state index contributed by atoms with van der Waals surface area (Å²) in [7, 11) is 0. The van der Waals surface area contributed by atoms with E-state index in [-0.39, 0.29) is 16.2 Å². The van der Waals surface area contributed by atoms with Crippen LogP contribution in [0.25, 0.3) is 0 Å². The highest BCUT2D eigenvalue weighted by Gasteiger charge is 2.54. The summed E-state index contributed by atoms with van der Waals surface area (Å²) in [5.74, 6) is -1.80. The number of fused-ring (bicyclic) bond motifs is 1. The van der Waals surface area contributed by atoms with Crippen LogP contribution in [-0.2, 0) is 14.4 Å². The topological polar surface area (TPSA) is 207 Å². The van der Waals surface area contributed by atoms with Crippen LogP contribution >= 0.6 is 46.2 Å². The lowest BCUT2D eigenvalue weighted by Gasteiger charge is -2.49. The Labute approximate surface area is 208 Å². The number of β-lactam (4-membered cyclic amide) rings is 1. The fourth-order valence-electron chi connectivity index (χ4n) is 3.40. The second-order valence-corrected chi connectivity index (χ2v) is 11.5. The van der Waals surface area contributed by atoms with Crippen molar-refractivity contribution in [3.05, 3.63) is 32.2 Å². The number of aromatic nitrogens is 3. The largest absolute Gasteiger partial charge is 0.477 e. The van der Waals surface area contributed by atoms with E-state index in [0.29, 0.717) is 21.4 Å². The molecule has 2 aromatic rings. The molecule has 4 heterocycles. The summed E-state index contributed by atoms with van der Waals surface area (Å²) in [5.41, 5.74) is 5.90. The second kappa shape index (κ2) is 9.77. The first-order valence-electron chi connectivity index (χ1n) is 9.57. The van der Waals surface area contributed by atoms with Crippen molar-refractivity contribution in [2.24, 2.45) is 5.73 Å². The Morgan fingerprint density at radius 2 is 2.21 bits per heavy atom. The van der Waals surface area contributed by atoms with Crippen LogP contribution in [0.5, 0.6) is 0 Å². The number of nitrogens with zero attached hydrogens (tertiary/aromatic N) is 3. The van der Waals surface area contributed by atoms with Gasteiger partial charge in [0.15, 0.2) is 15.2 Å². The molecule has 180 valence electrons. The van der Waals surface area contributed by atoms with Crippen LogP contribution in [0, 0.1) is 12.3 Å². The van der Waals surface area contributed by atoms with Gasteiger partial charge in [-0.15, -0.1) is 33.3 Å². The van der Waals surface area contributed by atoms with Crippen molar-refractivity contribution >= 4 is 70.0 Å². The molecule has 2 aromatic heterocycles. The molecule has 0 spiro atoms. The molecule has 4 rings (SSSR count). The van der Waals surface area contributed by atoms with Gasteiger partial charge < -0.3 is 26.5 Å². The van der Waals surface area contributed by atoms with E-state index >= 15 is 0 Å². The summed E-state index contributed by atoms with van der Waals surface area (Å²) < 4.78 is 0.705. The third-order valence-electron chi connectivity index (χ3n) is 4.85. The van der Waals surface area contributed by atoms with Crippen molar-refractivity contribution in [2.45, 2.75) is 28.7 Å². The summed E-state index contributed by atoms with van der Waals surface area (Å²) in [6.45, 7) is 1.82. The van der Waals surface area contributed by atoms with Gasteiger partial charge in [0, 0.05) is 16.9 Å². The fraction of sp³-hybridized carbons (Fsp3) is 0.353. The van der Waals surface area contributed by atoms with E-state index in [1.54, 1.807) is 0 Å². The van der Waals surface area contributed by atoms with Crippen molar-refractivity contribution in [2.75, 3.05) is 11.5 Å². The number of thiazole rings is 1. The van der Waals surface area contributed by atoms with E-state index in [2.05, 4.69) is 25.8 Å². The first-order chi connectivity index (χ1) is 16.2. The number of rotatable bonds is 8. The van der Waals surface area contributed by atoms with Crippen LogP contribution in [0.15, 0.2) is 21.0 Å². The van der Waals surface area contributed by atoms with Crippen LogP contribution in [0.2, 0.25) is 0 Å². The zero-order chi connectivity index (χ0) is 24.6. The Morgan fingerprint density at radius 3 is 2.79 bits per heavy atom. The number of thioether (sulfide) groups is 2. The number of aliphatic carboxylic acids is 1. The van der Waals surface area contributed by atoms with Crippen LogP contribution in [0.1, 0.15) is 16.7 Å². The molecule has 2 aliphatic rings. The van der Waals surface area contributed by atoms with Gasteiger partial charge >= 0.3 is 12.0 Å². The maximum atomic E-state index is 12.9. The first-order valence-corrected chi connectivity index (χ1v) is 13.3. The van der Waals surface area contributed by atoms with Gasteiger partial charge in [-0.2, -0.15) is 0 Å². The average molecular weight is 543 g/mol. The van der Waals surface area contributed by atoms with Gasteiger partial charge in [-0.05, 0) is 12.5 Å². The number of aryl methyl sites for hydroxylation is 1. The Hall–Kier alpha value is -2.89. The van der Waals surface area contributed by atoms with E-state index in [1.807, 2.05) is 6.92 Å². The number of carboxylic acids is 1. The van der Waals surface area contributed by atoms with Gasteiger partial charge in [0.05, 0.1) is 5.69 Å². The van der Waals surface area contributed by atoms with Gasteiger partial charge in [-0.1, -0.05) is 23.1 Å². The molecule has 34 heavy (non-hydrogen) atoms. The number of hydrogen-bond acceptors (Lipinski definition) is 11. The number of carbonyl (C=O) groups is 4. The van der Waals surface area contributed by atoms with Crippen molar-refractivity contribution in [3.8, 4) is 0 Å². The highest BCUT2D eigenvalue weighted by Crippen LogP contribution is 2.42. The highest BCUT2D eigenvalue weighted by atomic mass is 32.2. The SMILES string of the molecule is Cc1nnc(SCC2=C(C(=O)O)N3C(=O)[C@H](NC(=O)C(NC(N)=O)c4csc(=N)[nH]4)C3SC2)s1. The molecular formula is C17H18N8O5S4. The zero-order valence-electron chi connectivity index (χ0n) is 17.4. The molecule has 7 N–H and O–H groups in total. The molecule has 0 aromatic carbocycles. The standard InChI is InChI=1S/C17H18N8O5S4/c1-5-23-24-17(34-5)33-3-6-2-31-13-9(12(27)25(13)10(6)14(28)29)21-11(26)8(22-15(18)30)7-4-32-16(19)20-7/h4,8-9,13H,2-3H2,1H3,(H2,19,20)(H,21,26)(H,28,29)(H3,18,22,30)/t8?,9-,13?/m0/s1. The first kappa shape index (κ1) is 24.2. The molecule has 0 aliphatic carbocycles. The number of primary amides is 1.